The number of nitrogens with one attached hydrogen (secondary N) is 2. The zero-order chi connectivity index (χ0) is 30.7. The molecule has 9 nitrogen and oxygen atoms in total. The van der Waals surface area contributed by atoms with Crippen molar-refractivity contribution in [3.63, 3.8) is 0 Å². The van der Waals surface area contributed by atoms with Crippen LogP contribution in [0.2, 0.25) is 0 Å². The van der Waals surface area contributed by atoms with Gasteiger partial charge in [0.25, 0.3) is 0 Å². The molecule has 0 fully saturated rings. The number of aromatic nitrogens is 2. The van der Waals surface area contributed by atoms with Gasteiger partial charge in [0, 0.05) is 68.1 Å². The third kappa shape index (κ3) is 9.29. The van der Waals surface area contributed by atoms with Gasteiger partial charge in [-0.15, -0.1) is 0 Å². The van der Waals surface area contributed by atoms with Gasteiger partial charge in [0.2, 0.25) is 5.95 Å². The van der Waals surface area contributed by atoms with Gasteiger partial charge in [-0.1, -0.05) is 18.7 Å². The first-order valence-electron chi connectivity index (χ1n) is 12.9. The maximum Gasteiger partial charge on any atom is 0.416 e. The van der Waals surface area contributed by atoms with E-state index in [9.17, 15) is 13.2 Å². The first-order chi connectivity index (χ1) is 20.0. The minimum absolute atomic E-state index is 0.265. The van der Waals surface area contributed by atoms with Crippen molar-refractivity contribution in [3.8, 4) is 0 Å². The maximum atomic E-state index is 13.7. The molecule has 0 saturated heterocycles. The van der Waals surface area contributed by atoms with Crippen LogP contribution >= 0.6 is 0 Å². The zero-order valence-corrected chi connectivity index (χ0v) is 24.0. The number of rotatable bonds is 12. The van der Waals surface area contributed by atoms with Gasteiger partial charge >= 0.3 is 6.18 Å². The number of alkyl halides is 3. The summed E-state index contributed by atoms with van der Waals surface area (Å²) >= 11 is 0. The number of hydrogen-bond donors (Lipinski definition) is 2. The van der Waals surface area contributed by atoms with E-state index in [-0.39, 0.29) is 5.69 Å². The number of aryl methyl sites for hydroxylation is 1. The second-order valence-electron chi connectivity index (χ2n) is 9.31. The summed E-state index contributed by atoms with van der Waals surface area (Å²) in [4.78, 5) is 20.1. The highest BCUT2D eigenvalue weighted by Gasteiger charge is 2.32. The minimum Gasteiger partial charge on any atom is -0.359 e. The van der Waals surface area contributed by atoms with Crippen molar-refractivity contribution in [2.24, 2.45) is 15.1 Å². The number of halogens is 3. The molecule has 1 aliphatic rings. The summed E-state index contributed by atoms with van der Waals surface area (Å²) in [7, 11) is 3.56. The summed E-state index contributed by atoms with van der Waals surface area (Å²) in [6, 6.07) is 5.67. The Balaban J connectivity index is 1.68. The molecular weight excluding hydrogens is 543 g/mol. The standard InChI is InChI=1S/C30H34F3N9/c1-21(10-9-12-34-4)28-14-22(2)37-29(39-28)40-36-13-8-7-11-25(18-35-5)38-26-15-24(30(31,32)33)16-27(17-26)42-19-23(3)41(6)20-42/h7,9-19,38H,1,5,8,20H2,2-4,6H3,(H,37,39,40)/b10-9-,11-7-,25-18+,34-12?,36-13+. The predicted molar refractivity (Wildman–Crippen MR) is 167 cm³/mol. The number of anilines is 3. The monoisotopic (exact) mass is 577 g/mol. The maximum absolute atomic E-state index is 13.7. The highest BCUT2D eigenvalue weighted by molar-refractivity contribution is 5.79. The fraction of sp³-hybridized carbons (Fsp3) is 0.233. The molecule has 1 aromatic heterocycles. The largest absolute Gasteiger partial charge is 0.416 e. The number of benzene rings is 1. The Kier molecular flexibility index (Phi) is 10.9. The van der Waals surface area contributed by atoms with Crippen molar-refractivity contribution in [2.75, 3.05) is 36.4 Å². The van der Waals surface area contributed by atoms with E-state index in [1.54, 1.807) is 54.7 Å². The molecule has 3 rings (SSSR count). The number of nitrogens with zero attached hydrogens (tertiary/aromatic N) is 7. The first-order valence-corrected chi connectivity index (χ1v) is 12.9. The molecule has 0 atom stereocenters. The fourth-order valence-electron chi connectivity index (χ4n) is 3.78. The van der Waals surface area contributed by atoms with Crippen molar-refractivity contribution in [2.45, 2.75) is 26.4 Å². The van der Waals surface area contributed by atoms with Gasteiger partial charge in [0.1, 0.15) is 0 Å². The molecule has 0 amide bonds. The Morgan fingerprint density at radius 2 is 1.93 bits per heavy atom. The summed E-state index contributed by atoms with van der Waals surface area (Å²) in [5.74, 6) is 0.316. The average Bonchev–Trinajstić information content (AvgIpc) is 3.27. The van der Waals surface area contributed by atoms with Gasteiger partial charge < -0.3 is 15.1 Å². The molecule has 42 heavy (non-hydrogen) atoms. The Morgan fingerprint density at radius 3 is 2.60 bits per heavy atom. The van der Waals surface area contributed by atoms with Crippen LogP contribution in [0.15, 0.2) is 94.0 Å². The smallest absolute Gasteiger partial charge is 0.359 e. The Hall–Kier alpha value is -5.00. The molecule has 2 aromatic rings. The topological polar surface area (TPSA) is 93.4 Å². The normalized spacial score (nSPS) is 14.5. The van der Waals surface area contributed by atoms with Crippen LogP contribution in [0.25, 0.3) is 5.57 Å². The molecule has 2 N–H and O–H groups in total. The predicted octanol–water partition coefficient (Wildman–Crippen LogP) is 6.64. The van der Waals surface area contributed by atoms with E-state index in [0.717, 1.165) is 23.5 Å². The summed E-state index contributed by atoms with van der Waals surface area (Å²) in [5.41, 5.74) is 6.23. The molecule has 2 heterocycles. The van der Waals surface area contributed by atoms with Crippen LogP contribution in [0, 0.1) is 6.92 Å². The molecule has 0 saturated carbocycles. The molecule has 1 aliphatic heterocycles. The van der Waals surface area contributed by atoms with Gasteiger partial charge in [-0.2, -0.15) is 18.3 Å². The van der Waals surface area contributed by atoms with E-state index in [1.807, 2.05) is 38.1 Å². The van der Waals surface area contributed by atoms with Crippen molar-refractivity contribution >= 4 is 42.0 Å². The third-order valence-electron chi connectivity index (χ3n) is 5.92. The van der Waals surface area contributed by atoms with E-state index in [4.69, 9.17) is 0 Å². The van der Waals surface area contributed by atoms with Crippen LogP contribution in [-0.2, 0) is 6.18 Å². The molecular formula is C30H34F3N9. The lowest BCUT2D eigenvalue weighted by molar-refractivity contribution is -0.137. The van der Waals surface area contributed by atoms with Crippen LogP contribution in [0.1, 0.15) is 30.3 Å². The zero-order valence-electron chi connectivity index (χ0n) is 24.0. The SMILES string of the molecule is C=N/C=C(\C=C/C/C=N/Nc1nc(C)cc(C(=C)/C=C\C=NC)n1)Nc1cc(N2C=C(C)N(C)C2)cc(C(F)(F)F)c1. The molecule has 12 heteroatoms. The summed E-state index contributed by atoms with van der Waals surface area (Å²) in [6.45, 7) is 11.7. The second-order valence-corrected chi connectivity index (χ2v) is 9.31. The summed E-state index contributed by atoms with van der Waals surface area (Å²) < 4.78 is 41.1. The quantitative estimate of drug-likeness (QED) is 0.167. The van der Waals surface area contributed by atoms with Crippen LogP contribution in [0.4, 0.5) is 30.5 Å². The molecule has 0 radical (unpaired) electrons. The lowest BCUT2D eigenvalue weighted by Gasteiger charge is -2.21. The van der Waals surface area contributed by atoms with Crippen LogP contribution in [-0.4, -0.2) is 54.8 Å². The van der Waals surface area contributed by atoms with Crippen LogP contribution in [0.5, 0.6) is 0 Å². The second kappa shape index (κ2) is 14.6. The molecule has 220 valence electrons. The van der Waals surface area contributed by atoms with Crippen molar-refractivity contribution in [1.82, 2.24) is 14.9 Å². The van der Waals surface area contributed by atoms with Gasteiger partial charge in [-0.05, 0) is 62.6 Å². The molecule has 0 bridgehead atoms. The van der Waals surface area contributed by atoms with E-state index in [0.29, 0.717) is 41.7 Å². The van der Waals surface area contributed by atoms with Crippen LogP contribution in [0.3, 0.4) is 0 Å². The van der Waals surface area contributed by atoms with Gasteiger partial charge in [-0.25, -0.2) is 15.4 Å². The third-order valence-corrected chi connectivity index (χ3v) is 5.92. The summed E-state index contributed by atoms with van der Waals surface area (Å²) in [5, 5.41) is 7.17. The molecule has 0 spiro atoms. The number of aliphatic imine (C=N–C) groups is 2. The molecule has 1 aromatic carbocycles. The van der Waals surface area contributed by atoms with Gasteiger partial charge in [0.05, 0.1) is 23.6 Å². The number of hydrazone groups is 1. The average molecular weight is 578 g/mol. The number of hydrogen-bond acceptors (Lipinski definition) is 9. The van der Waals surface area contributed by atoms with Crippen molar-refractivity contribution in [1.29, 1.82) is 0 Å². The van der Waals surface area contributed by atoms with E-state index < -0.39 is 11.7 Å². The Bertz CT molecular complexity index is 1470. The first kappa shape index (κ1) is 31.5. The fourth-order valence-corrected chi connectivity index (χ4v) is 3.78. The van der Waals surface area contributed by atoms with E-state index in [1.165, 1.54) is 6.20 Å². The van der Waals surface area contributed by atoms with Crippen molar-refractivity contribution < 1.29 is 13.2 Å². The van der Waals surface area contributed by atoms with Gasteiger partial charge in [0.15, 0.2) is 0 Å². The lowest BCUT2D eigenvalue weighted by atomic mass is 10.1. The highest BCUT2D eigenvalue weighted by Crippen LogP contribution is 2.36. The summed E-state index contributed by atoms with van der Waals surface area (Å²) in [6.07, 6.45) is 9.43. The van der Waals surface area contributed by atoms with Crippen molar-refractivity contribution in [3.05, 3.63) is 95.9 Å². The van der Waals surface area contributed by atoms with Gasteiger partial charge in [-0.3, -0.25) is 9.98 Å². The minimum atomic E-state index is -4.51. The molecule has 0 aliphatic carbocycles. The Labute approximate surface area is 244 Å². The highest BCUT2D eigenvalue weighted by atomic mass is 19.4. The van der Waals surface area contributed by atoms with Crippen LogP contribution < -0.4 is 15.6 Å². The molecule has 0 unspecified atom stereocenters. The number of allylic oxidation sites excluding steroid dienone is 6. The van der Waals surface area contributed by atoms with E-state index >= 15 is 0 Å². The van der Waals surface area contributed by atoms with E-state index in [2.05, 4.69) is 49.1 Å². The lowest BCUT2D eigenvalue weighted by Crippen LogP contribution is -2.23. The Morgan fingerprint density at radius 1 is 1.14 bits per heavy atom.